The van der Waals surface area contributed by atoms with E-state index in [-0.39, 0.29) is 20.1 Å². The van der Waals surface area contributed by atoms with Crippen molar-refractivity contribution in [3.63, 3.8) is 0 Å². The molecule has 220 valence electrons. The fraction of sp³-hybridized carbons (Fsp3) is 0.100. The van der Waals surface area contributed by atoms with Crippen LogP contribution in [0.2, 0.25) is 0 Å². The molecule has 9 rings (SSSR count). The Labute approximate surface area is 277 Å². The first-order valence-electron chi connectivity index (χ1n) is 14.9. The van der Waals surface area contributed by atoms with Gasteiger partial charge in [0.05, 0.1) is 5.52 Å². The fourth-order valence-corrected chi connectivity index (χ4v) is 6.38. The number of rotatable bonds is 2. The summed E-state index contributed by atoms with van der Waals surface area (Å²) in [5.74, 6) is 0. The smallest absolute Gasteiger partial charge is 0.504 e. The second kappa shape index (κ2) is 11.3. The molecule has 0 aliphatic carbocycles. The summed E-state index contributed by atoms with van der Waals surface area (Å²) in [6.07, 6.45) is 1.92. The fourth-order valence-electron chi connectivity index (χ4n) is 6.38. The van der Waals surface area contributed by atoms with Crippen molar-refractivity contribution in [2.75, 3.05) is 16.8 Å². The maximum Gasteiger partial charge on any atom is 3.00 e. The van der Waals surface area contributed by atoms with Crippen LogP contribution in [-0.2, 0) is 20.1 Å². The third-order valence-electron chi connectivity index (χ3n) is 8.83. The van der Waals surface area contributed by atoms with E-state index in [4.69, 9.17) is 0 Å². The van der Waals surface area contributed by atoms with Crippen LogP contribution in [0.4, 0.5) is 17.1 Å². The minimum atomic E-state index is 0. The Morgan fingerprint density at radius 3 is 2.18 bits per heavy atom. The first-order chi connectivity index (χ1) is 21.5. The summed E-state index contributed by atoms with van der Waals surface area (Å²) in [5.41, 5.74) is 13.0. The predicted octanol–water partition coefficient (Wildman–Crippen LogP) is 9.82. The average molecular weight is 760 g/mol. The number of hydrogen-bond acceptors (Lipinski definition) is 3. The second-order valence-electron chi connectivity index (χ2n) is 11.7. The standard InChI is InChI=1S/C26H17N3.C14H14N.Ir/c1-27-16-28(24-12-5-4-11-23(24)27)17-13-14-19-21-9-6-8-20-18-7-2-3-10-22(18)29(26(20)21)25(19)15-17;1-10-4-6-13(7-5-10)14-8-11(2)12(3)9-15-14;/h2-12,14-16H,1H3;4-6,8-9H,1-3H3;/q-2;-1;+3. The van der Waals surface area contributed by atoms with E-state index < -0.39 is 0 Å². The molecule has 4 nitrogen and oxygen atoms in total. The molecule has 4 heterocycles. The number of aromatic nitrogens is 2. The van der Waals surface area contributed by atoms with Gasteiger partial charge in [0.25, 0.3) is 0 Å². The Morgan fingerprint density at radius 2 is 1.40 bits per heavy atom. The molecule has 0 spiro atoms. The number of fused-ring (bicyclic) bond motifs is 7. The molecule has 0 saturated carbocycles. The molecular formula is C40H31IrN4. The van der Waals surface area contributed by atoms with Crippen LogP contribution < -0.4 is 9.80 Å². The molecule has 3 aromatic heterocycles. The Balaban J connectivity index is 0.000000173. The summed E-state index contributed by atoms with van der Waals surface area (Å²) < 4.78 is 2.42. The Morgan fingerprint density at radius 1 is 0.667 bits per heavy atom. The predicted molar refractivity (Wildman–Crippen MR) is 184 cm³/mol. The van der Waals surface area contributed by atoms with Crippen molar-refractivity contribution in [3.05, 3.63) is 145 Å². The van der Waals surface area contributed by atoms with Crippen molar-refractivity contribution in [2.45, 2.75) is 20.8 Å². The van der Waals surface area contributed by atoms with Gasteiger partial charge in [-0.15, -0.1) is 52.5 Å². The van der Waals surface area contributed by atoms with Crippen LogP contribution >= 0.6 is 0 Å². The number of benzene rings is 5. The zero-order valence-electron chi connectivity index (χ0n) is 25.6. The third kappa shape index (κ3) is 4.75. The summed E-state index contributed by atoms with van der Waals surface area (Å²) >= 11 is 0. The van der Waals surface area contributed by atoms with Gasteiger partial charge in [0.1, 0.15) is 0 Å². The summed E-state index contributed by atoms with van der Waals surface area (Å²) in [7, 11) is 2.09. The van der Waals surface area contributed by atoms with Gasteiger partial charge in [-0.25, -0.2) is 0 Å². The van der Waals surface area contributed by atoms with Crippen molar-refractivity contribution in [1.82, 2.24) is 9.38 Å². The van der Waals surface area contributed by atoms with Gasteiger partial charge >= 0.3 is 20.1 Å². The van der Waals surface area contributed by atoms with Gasteiger partial charge in [-0.05, 0) is 55.7 Å². The summed E-state index contributed by atoms with van der Waals surface area (Å²) in [4.78, 5) is 8.79. The molecular weight excluding hydrogens is 729 g/mol. The molecule has 8 aromatic rings. The van der Waals surface area contributed by atoms with E-state index in [2.05, 4.69) is 163 Å². The first-order valence-corrected chi connectivity index (χ1v) is 14.9. The number of aryl methyl sites for hydroxylation is 3. The molecule has 5 aromatic carbocycles. The van der Waals surface area contributed by atoms with E-state index in [1.54, 1.807) is 0 Å². The topological polar surface area (TPSA) is 23.8 Å². The minimum Gasteiger partial charge on any atom is -0.504 e. The van der Waals surface area contributed by atoms with Gasteiger partial charge in [-0.2, -0.15) is 18.8 Å². The first kappa shape index (κ1) is 29.0. The zero-order chi connectivity index (χ0) is 29.9. The Hall–Kier alpha value is -4.70. The average Bonchev–Trinajstić information content (AvgIpc) is 3.70. The molecule has 0 unspecified atom stereocenters. The Bertz CT molecular complexity index is 2320. The monoisotopic (exact) mass is 760 g/mol. The van der Waals surface area contributed by atoms with Crippen molar-refractivity contribution in [3.8, 4) is 11.3 Å². The molecule has 45 heavy (non-hydrogen) atoms. The van der Waals surface area contributed by atoms with Gasteiger partial charge in [0, 0.05) is 33.9 Å². The van der Waals surface area contributed by atoms with Crippen LogP contribution in [0.5, 0.6) is 0 Å². The Kier molecular flexibility index (Phi) is 7.32. The number of anilines is 3. The molecule has 0 atom stereocenters. The normalized spacial score (nSPS) is 12.5. The minimum absolute atomic E-state index is 0. The number of para-hydroxylation sites is 4. The molecule has 5 heteroatoms. The summed E-state index contributed by atoms with van der Waals surface area (Å²) in [6.45, 7) is 8.38. The van der Waals surface area contributed by atoms with Crippen molar-refractivity contribution >= 4 is 55.2 Å². The van der Waals surface area contributed by atoms with Crippen LogP contribution in [0.15, 0.2) is 109 Å². The SMILES string of the molecule is CN1[CH-]N(c2[c-]cc3c4cccc5c6ccccc6n(c3c2)c54)c2ccccc21.Cc1c[c-]c(-c2cc(C)c(C)cn2)cc1.[Ir+3]. The summed E-state index contributed by atoms with van der Waals surface area (Å²) in [5, 5.41) is 5.16. The molecule has 0 amide bonds. The van der Waals surface area contributed by atoms with Crippen LogP contribution in [0.25, 0.3) is 49.4 Å². The molecule has 0 N–H and O–H groups in total. The van der Waals surface area contributed by atoms with E-state index in [1.165, 1.54) is 66.2 Å². The van der Waals surface area contributed by atoms with Gasteiger partial charge in [-0.1, -0.05) is 72.6 Å². The van der Waals surface area contributed by atoms with Gasteiger partial charge in [0.2, 0.25) is 0 Å². The maximum atomic E-state index is 4.41. The number of pyridine rings is 1. The summed E-state index contributed by atoms with van der Waals surface area (Å²) in [6, 6.07) is 43.2. The largest absolute Gasteiger partial charge is 3.00 e. The second-order valence-corrected chi connectivity index (χ2v) is 11.7. The van der Waals surface area contributed by atoms with Crippen molar-refractivity contribution in [1.29, 1.82) is 0 Å². The van der Waals surface area contributed by atoms with Crippen LogP contribution in [0.3, 0.4) is 0 Å². The quantitative estimate of drug-likeness (QED) is 0.164. The third-order valence-corrected chi connectivity index (χ3v) is 8.83. The van der Waals surface area contributed by atoms with E-state index in [9.17, 15) is 0 Å². The zero-order valence-corrected chi connectivity index (χ0v) is 28.0. The number of hydrogen-bond donors (Lipinski definition) is 0. The van der Waals surface area contributed by atoms with E-state index in [0.717, 1.165) is 16.9 Å². The molecule has 0 fully saturated rings. The molecule has 1 aliphatic rings. The van der Waals surface area contributed by atoms with Crippen LogP contribution in [-0.4, -0.2) is 16.4 Å². The molecule has 0 bridgehead atoms. The maximum absolute atomic E-state index is 4.41. The number of nitrogens with zero attached hydrogens (tertiary/aromatic N) is 4. The van der Waals surface area contributed by atoms with E-state index >= 15 is 0 Å². The molecule has 0 radical (unpaired) electrons. The van der Waals surface area contributed by atoms with Crippen LogP contribution in [0.1, 0.15) is 16.7 Å². The molecule has 0 saturated heterocycles. The van der Waals surface area contributed by atoms with Crippen molar-refractivity contribution < 1.29 is 20.1 Å². The van der Waals surface area contributed by atoms with Crippen molar-refractivity contribution in [2.24, 2.45) is 0 Å². The van der Waals surface area contributed by atoms with E-state index in [1.807, 2.05) is 12.3 Å². The van der Waals surface area contributed by atoms with Gasteiger partial charge in [-0.3, -0.25) is 0 Å². The van der Waals surface area contributed by atoms with E-state index in [0.29, 0.717) is 0 Å². The van der Waals surface area contributed by atoms with Gasteiger partial charge in [0.15, 0.2) is 0 Å². The van der Waals surface area contributed by atoms with Crippen LogP contribution in [0, 0.1) is 39.6 Å². The van der Waals surface area contributed by atoms with Gasteiger partial charge < -0.3 is 19.2 Å². The molecule has 1 aliphatic heterocycles.